The molecule has 0 aliphatic rings. The van der Waals surface area contributed by atoms with Crippen molar-refractivity contribution in [1.82, 2.24) is 5.32 Å². The number of thiophene rings is 1. The van der Waals surface area contributed by atoms with Gasteiger partial charge in [0.2, 0.25) is 0 Å². The molecule has 0 aromatic carbocycles. The highest BCUT2D eigenvalue weighted by Crippen LogP contribution is 2.28. The predicted octanol–water partition coefficient (Wildman–Crippen LogP) is 4.52. The maximum Gasteiger partial charge on any atom is 0.0702 e. The summed E-state index contributed by atoms with van der Waals surface area (Å²) in [6.07, 6.45) is 3.45. The molecular weight excluding hydrogens is 270 g/mol. The molecule has 0 aliphatic carbocycles. The Hall–Kier alpha value is -0.120. The van der Waals surface area contributed by atoms with Crippen LogP contribution in [0, 0.1) is 0 Å². The van der Waals surface area contributed by atoms with Crippen LogP contribution in [-0.4, -0.2) is 6.54 Å². The van der Waals surface area contributed by atoms with Gasteiger partial charge in [-0.1, -0.05) is 18.6 Å². The standard InChI is InChI=1S/C12H18BrNS/c1-4-7-14-10(8-9(2)3)11-5-6-12(13)15-11/h5-6,8,10,14H,4,7H2,1-3H3. The molecule has 0 aliphatic heterocycles. The Kier molecular flexibility index (Phi) is 5.58. The van der Waals surface area contributed by atoms with Crippen LogP contribution in [0.3, 0.4) is 0 Å². The molecule has 1 aromatic heterocycles. The fourth-order valence-electron chi connectivity index (χ4n) is 1.37. The average Bonchev–Trinajstić information content (AvgIpc) is 2.58. The molecule has 0 spiro atoms. The zero-order valence-corrected chi connectivity index (χ0v) is 11.9. The van der Waals surface area contributed by atoms with Crippen LogP contribution in [0.25, 0.3) is 0 Å². The first-order chi connectivity index (χ1) is 7.13. The molecule has 1 N–H and O–H groups in total. The van der Waals surface area contributed by atoms with Crippen LogP contribution in [0.2, 0.25) is 0 Å². The number of nitrogens with one attached hydrogen (secondary N) is 1. The van der Waals surface area contributed by atoms with Gasteiger partial charge < -0.3 is 5.32 Å². The van der Waals surface area contributed by atoms with Gasteiger partial charge in [-0.15, -0.1) is 11.3 Å². The van der Waals surface area contributed by atoms with Crippen LogP contribution in [0.15, 0.2) is 27.6 Å². The zero-order valence-electron chi connectivity index (χ0n) is 9.51. The first-order valence-electron chi connectivity index (χ1n) is 5.27. The molecule has 15 heavy (non-hydrogen) atoms. The van der Waals surface area contributed by atoms with Gasteiger partial charge in [0.05, 0.1) is 9.83 Å². The lowest BCUT2D eigenvalue weighted by molar-refractivity contribution is 0.617. The molecule has 0 fully saturated rings. The van der Waals surface area contributed by atoms with Crippen LogP contribution < -0.4 is 5.32 Å². The molecule has 1 nitrogen and oxygen atoms in total. The van der Waals surface area contributed by atoms with Crippen molar-refractivity contribution in [3.05, 3.63) is 32.4 Å². The lowest BCUT2D eigenvalue weighted by atomic mass is 10.1. The molecule has 0 saturated carbocycles. The quantitative estimate of drug-likeness (QED) is 0.786. The van der Waals surface area contributed by atoms with E-state index in [4.69, 9.17) is 0 Å². The maximum atomic E-state index is 3.54. The van der Waals surface area contributed by atoms with Gasteiger partial charge in [-0.3, -0.25) is 0 Å². The van der Waals surface area contributed by atoms with Gasteiger partial charge in [-0.2, -0.15) is 0 Å². The average molecular weight is 288 g/mol. The summed E-state index contributed by atoms with van der Waals surface area (Å²) in [5.41, 5.74) is 1.35. The van der Waals surface area contributed by atoms with Crippen LogP contribution >= 0.6 is 27.3 Å². The van der Waals surface area contributed by atoms with Crippen LogP contribution in [0.1, 0.15) is 38.1 Å². The van der Waals surface area contributed by atoms with E-state index in [2.05, 4.69) is 60.2 Å². The molecule has 0 bridgehead atoms. The maximum absolute atomic E-state index is 3.54. The van der Waals surface area contributed by atoms with Crippen molar-refractivity contribution in [2.75, 3.05) is 6.54 Å². The number of rotatable bonds is 5. The lowest BCUT2D eigenvalue weighted by Crippen LogP contribution is -2.19. The van der Waals surface area contributed by atoms with Gasteiger partial charge in [0.15, 0.2) is 0 Å². The number of hydrogen-bond acceptors (Lipinski definition) is 2. The number of hydrogen-bond donors (Lipinski definition) is 1. The van der Waals surface area contributed by atoms with Gasteiger partial charge >= 0.3 is 0 Å². The van der Waals surface area contributed by atoms with E-state index in [0.29, 0.717) is 6.04 Å². The molecule has 1 atom stereocenters. The Labute approximate surface area is 105 Å². The second-order valence-electron chi connectivity index (χ2n) is 3.82. The third kappa shape index (κ3) is 4.49. The summed E-state index contributed by atoms with van der Waals surface area (Å²) in [5.74, 6) is 0. The van der Waals surface area contributed by atoms with Crippen molar-refractivity contribution in [3.63, 3.8) is 0 Å². The molecule has 1 aromatic rings. The minimum Gasteiger partial charge on any atom is -0.306 e. The molecule has 1 heterocycles. The smallest absolute Gasteiger partial charge is 0.0702 e. The van der Waals surface area contributed by atoms with E-state index in [1.54, 1.807) is 11.3 Å². The zero-order chi connectivity index (χ0) is 11.3. The van der Waals surface area contributed by atoms with E-state index < -0.39 is 0 Å². The van der Waals surface area contributed by atoms with Crippen molar-refractivity contribution < 1.29 is 0 Å². The molecule has 0 amide bonds. The highest BCUT2D eigenvalue weighted by molar-refractivity contribution is 9.11. The molecule has 3 heteroatoms. The van der Waals surface area contributed by atoms with Crippen molar-refractivity contribution in [3.8, 4) is 0 Å². The summed E-state index contributed by atoms with van der Waals surface area (Å²) in [7, 11) is 0. The molecular formula is C12H18BrNS. The van der Waals surface area contributed by atoms with Crippen molar-refractivity contribution in [2.24, 2.45) is 0 Å². The number of allylic oxidation sites excluding steroid dienone is 1. The SMILES string of the molecule is CCCNC(C=C(C)C)c1ccc(Br)s1. The Morgan fingerprint density at radius 1 is 1.53 bits per heavy atom. The van der Waals surface area contributed by atoms with Crippen molar-refractivity contribution in [2.45, 2.75) is 33.2 Å². The first-order valence-corrected chi connectivity index (χ1v) is 6.88. The second-order valence-corrected chi connectivity index (χ2v) is 6.31. The highest BCUT2D eigenvalue weighted by atomic mass is 79.9. The fourth-order valence-corrected chi connectivity index (χ4v) is 2.84. The Morgan fingerprint density at radius 2 is 2.27 bits per heavy atom. The molecule has 0 radical (unpaired) electrons. The molecule has 1 rings (SSSR count). The Balaban J connectivity index is 2.76. The van der Waals surface area contributed by atoms with E-state index in [1.165, 1.54) is 20.7 Å². The summed E-state index contributed by atoms with van der Waals surface area (Å²) in [4.78, 5) is 1.37. The molecule has 84 valence electrons. The van der Waals surface area contributed by atoms with Crippen molar-refractivity contribution in [1.29, 1.82) is 0 Å². The minimum atomic E-state index is 0.367. The first kappa shape index (κ1) is 12.9. The second kappa shape index (κ2) is 6.46. The van der Waals surface area contributed by atoms with E-state index >= 15 is 0 Å². The van der Waals surface area contributed by atoms with Crippen molar-refractivity contribution >= 4 is 27.3 Å². The van der Waals surface area contributed by atoms with Crippen LogP contribution in [0.4, 0.5) is 0 Å². The van der Waals surface area contributed by atoms with Gasteiger partial charge in [0.1, 0.15) is 0 Å². The normalized spacial score (nSPS) is 12.5. The minimum absolute atomic E-state index is 0.367. The summed E-state index contributed by atoms with van der Waals surface area (Å²) < 4.78 is 1.20. The molecule has 0 saturated heterocycles. The van der Waals surface area contributed by atoms with Crippen LogP contribution in [-0.2, 0) is 0 Å². The summed E-state index contributed by atoms with van der Waals surface area (Å²) in [6, 6.07) is 4.66. The lowest BCUT2D eigenvalue weighted by Gasteiger charge is -2.13. The van der Waals surface area contributed by atoms with Gasteiger partial charge in [0.25, 0.3) is 0 Å². The predicted molar refractivity (Wildman–Crippen MR) is 72.5 cm³/mol. The van der Waals surface area contributed by atoms with Crippen LogP contribution in [0.5, 0.6) is 0 Å². The monoisotopic (exact) mass is 287 g/mol. The van der Waals surface area contributed by atoms with Gasteiger partial charge in [0, 0.05) is 4.88 Å². The third-order valence-corrected chi connectivity index (χ3v) is 3.72. The number of halogens is 1. The van der Waals surface area contributed by atoms with E-state index in [-0.39, 0.29) is 0 Å². The summed E-state index contributed by atoms with van der Waals surface area (Å²) in [5, 5.41) is 3.54. The summed E-state index contributed by atoms with van der Waals surface area (Å²) in [6.45, 7) is 7.54. The Bertz CT molecular complexity index is 326. The van der Waals surface area contributed by atoms with E-state index in [9.17, 15) is 0 Å². The van der Waals surface area contributed by atoms with Gasteiger partial charge in [-0.05, 0) is 54.9 Å². The summed E-state index contributed by atoms with van der Waals surface area (Å²) >= 11 is 5.30. The fraction of sp³-hybridized carbons (Fsp3) is 0.500. The molecule has 1 unspecified atom stereocenters. The topological polar surface area (TPSA) is 12.0 Å². The van der Waals surface area contributed by atoms with Gasteiger partial charge in [-0.25, -0.2) is 0 Å². The van der Waals surface area contributed by atoms with E-state index in [0.717, 1.165) is 6.54 Å². The third-order valence-electron chi connectivity index (χ3n) is 2.01. The highest BCUT2D eigenvalue weighted by Gasteiger charge is 2.09. The Morgan fingerprint density at radius 3 is 2.73 bits per heavy atom. The largest absolute Gasteiger partial charge is 0.306 e. The van der Waals surface area contributed by atoms with E-state index in [1.807, 2.05) is 0 Å².